The van der Waals surface area contributed by atoms with Crippen molar-refractivity contribution in [3.05, 3.63) is 65.2 Å². The predicted octanol–water partition coefficient (Wildman–Crippen LogP) is 2.19. The van der Waals surface area contributed by atoms with Gasteiger partial charge in [0.1, 0.15) is 5.75 Å². The number of carbonyl (C=O) groups is 2. The zero-order valence-corrected chi connectivity index (χ0v) is 16.3. The number of amides is 2. The Kier molecular flexibility index (Phi) is 7.37. The van der Waals surface area contributed by atoms with Crippen LogP contribution in [0.25, 0.3) is 0 Å². The Labute approximate surface area is 160 Å². The molecule has 6 heteroatoms. The summed E-state index contributed by atoms with van der Waals surface area (Å²) in [5.41, 5.74) is 2.59. The van der Waals surface area contributed by atoms with E-state index in [1.807, 2.05) is 55.3 Å². The molecule has 0 aliphatic heterocycles. The van der Waals surface area contributed by atoms with Crippen molar-refractivity contribution in [3.63, 3.8) is 0 Å². The fraction of sp³-hybridized carbons (Fsp3) is 0.333. The lowest BCUT2D eigenvalue weighted by atomic mass is 10.1. The molecular formula is C21H27N3O3. The third-order valence-corrected chi connectivity index (χ3v) is 4.56. The summed E-state index contributed by atoms with van der Waals surface area (Å²) in [6.07, 6.45) is 0. The standard InChI is InChI=1S/C21H27N3O3/c1-15(20(25)23-13-18-7-5-6-8-19(18)27-4)24(3)14-16-9-11-17(12-10-16)21(26)22-2/h5-12,15H,13-14H2,1-4H3,(H,22,26)(H,23,25). The number of carbonyl (C=O) groups excluding carboxylic acids is 2. The number of hydrogen-bond donors (Lipinski definition) is 2. The van der Waals surface area contributed by atoms with Gasteiger partial charge in [-0.15, -0.1) is 0 Å². The van der Waals surface area contributed by atoms with Gasteiger partial charge in [0.05, 0.1) is 13.2 Å². The first-order chi connectivity index (χ1) is 13.0. The van der Waals surface area contributed by atoms with Crippen LogP contribution in [0.1, 0.15) is 28.4 Å². The van der Waals surface area contributed by atoms with Gasteiger partial charge in [0.15, 0.2) is 0 Å². The van der Waals surface area contributed by atoms with Crippen molar-refractivity contribution in [2.45, 2.75) is 26.1 Å². The number of para-hydroxylation sites is 1. The normalized spacial score (nSPS) is 11.7. The van der Waals surface area contributed by atoms with Gasteiger partial charge in [-0.1, -0.05) is 30.3 Å². The predicted molar refractivity (Wildman–Crippen MR) is 106 cm³/mol. The SMILES string of the molecule is CNC(=O)c1ccc(CN(C)C(C)C(=O)NCc2ccccc2OC)cc1. The van der Waals surface area contributed by atoms with Crippen LogP contribution in [-0.2, 0) is 17.9 Å². The zero-order chi connectivity index (χ0) is 19.8. The third kappa shape index (κ3) is 5.56. The van der Waals surface area contributed by atoms with E-state index in [4.69, 9.17) is 4.74 Å². The number of ether oxygens (including phenoxy) is 1. The maximum absolute atomic E-state index is 12.5. The summed E-state index contributed by atoms with van der Waals surface area (Å²) in [5, 5.41) is 5.56. The molecule has 27 heavy (non-hydrogen) atoms. The molecule has 6 nitrogen and oxygen atoms in total. The van der Waals surface area contributed by atoms with E-state index in [-0.39, 0.29) is 17.9 Å². The number of hydrogen-bond acceptors (Lipinski definition) is 4. The van der Waals surface area contributed by atoms with Gasteiger partial charge < -0.3 is 15.4 Å². The number of likely N-dealkylation sites (N-methyl/N-ethyl adjacent to an activating group) is 1. The second-order valence-electron chi connectivity index (χ2n) is 6.40. The molecule has 0 aliphatic rings. The van der Waals surface area contributed by atoms with E-state index in [1.54, 1.807) is 26.3 Å². The Morgan fingerprint density at radius 2 is 1.78 bits per heavy atom. The van der Waals surface area contributed by atoms with Crippen LogP contribution in [0, 0.1) is 0 Å². The number of rotatable bonds is 8. The van der Waals surface area contributed by atoms with Crippen LogP contribution in [0.15, 0.2) is 48.5 Å². The first-order valence-electron chi connectivity index (χ1n) is 8.87. The summed E-state index contributed by atoms with van der Waals surface area (Å²) in [6.45, 7) is 2.90. The van der Waals surface area contributed by atoms with E-state index < -0.39 is 0 Å². The molecule has 0 aliphatic carbocycles. The molecule has 0 saturated carbocycles. The lowest BCUT2D eigenvalue weighted by molar-refractivity contribution is -0.125. The second-order valence-corrected chi connectivity index (χ2v) is 6.40. The van der Waals surface area contributed by atoms with E-state index >= 15 is 0 Å². The van der Waals surface area contributed by atoms with E-state index in [0.717, 1.165) is 16.9 Å². The van der Waals surface area contributed by atoms with Crippen LogP contribution in [0.5, 0.6) is 5.75 Å². The van der Waals surface area contributed by atoms with Crippen molar-refractivity contribution >= 4 is 11.8 Å². The summed E-state index contributed by atoms with van der Waals surface area (Å²) < 4.78 is 5.31. The number of methoxy groups -OCH3 is 1. The summed E-state index contributed by atoms with van der Waals surface area (Å²) in [5.74, 6) is 0.597. The lowest BCUT2D eigenvalue weighted by Crippen LogP contribution is -2.42. The molecule has 0 fully saturated rings. The summed E-state index contributed by atoms with van der Waals surface area (Å²) >= 11 is 0. The van der Waals surface area contributed by atoms with Gasteiger partial charge in [-0.25, -0.2) is 0 Å². The first-order valence-corrected chi connectivity index (χ1v) is 8.87. The van der Waals surface area contributed by atoms with E-state index in [2.05, 4.69) is 10.6 Å². The Hall–Kier alpha value is -2.86. The maximum Gasteiger partial charge on any atom is 0.251 e. The maximum atomic E-state index is 12.5. The molecule has 0 heterocycles. The minimum absolute atomic E-state index is 0.0506. The Morgan fingerprint density at radius 1 is 1.11 bits per heavy atom. The molecule has 1 atom stereocenters. The van der Waals surface area contributed by atoms with Crippen LogP contribution in [0.4, 0.5) is 0 Å². The van der Waals surface area contributed by atoms with E-state index in [9.17, 15) is 9.59 Å². The van der Waals surface area contributed by atoms with Gasteiger partial charge in [0.25, 0.3) is 5.91 Å². The van der Waals surface area contributed by atoms with Crippen molar-refractivity contribution in [1.29, 1.82) is 0 Å². The molecule has 0 radical (unpaired) electrons. The fourth-order valence-electron chi connectivity index (χ4n) is 2.71. The topological polar surface area (TPSA) is 70.7 Å². The fourth-order valence-corrected chi connectivity index (χ4v) is 2.71. The number of nitrogens with one attached hydrogen (secondary N) is 2. The van der Waals surface area contributed by atoms with Gasteiger partial charge in [-0.3, -0.25) is 14.5 Å². The smallest absolute Gasteiger partial charge is 0.251 e. The van der Waals surface area contributed by atoms with Gasteiger partial charge in [-0.2, -0.15) is 0 Å². The quantitative estimate of drug-likeness (QED) is 0.748. The average molecular weight is 369 g/mol. The molecule has 144 valence electrons. The highest BCUT2D eigenvalue weighted by Gasteiger charge is 2.18. The largest absolute Gasteiger partial charge is 0.496 e. The highest BCUT2D eigenvalue weighted by atomic mass is 16.5. The van der Waals surface area contributed by atoms with Crippen molar-refractivity contribution in [1.82, 2.24) is 15.5 Å². The van der Waals surface area contributed by atoms with Gasteiger partial charge in [0.2, 0.25) is 5.91 Å². The zero-order valence-electron chi connectivity index (χ0n) is 16.3. The minimum Gasteiger partial charge on any atom is -0.496 e. The average Bonchev–Trinajstić information content (AvgIpc) is 2.71. The molecule has 1 unspecified atom stereocenters. The highest BCUT2D eigenvalue weighted by Crippen LogP contribution is 2.17. The summed E-state index contributed by atoms with van der Waals surface area (Å²) in [7, 11) is 5.13. The van der Waals surface area contributed by atoms with Crippen LogP contribution >= 0.6 is 0 Å². The first kappa shape index (κ1) is 20.5. The molecule has 0 aromatic heterocycles. The van der Waals surface area contributed by atoms with Gasteiger partial charge in [0, 0.05) is 31.3 Å². The lowest BCUT2D eigenvalue weighted by Gasteiger charge is -2.24. The van der Waals surface area contributed by atoms with Crippen LogP contribution in [-0.4, -0.2) is 44.0 Å². The van der Waals surface area contributed by atoms with Gasteiger partial charge in [-0.05, 0) is 37.7 Å². The molecule has 2 aromatic rings. The van der Waals surface area contributed by atoms with E-state index in [0.29, 0.717) is 18.7 Å². The second kappa shape index (κ2) is 9.73. The monoisotopic (exact) mass is 369 g/mol. The molecule has 2 amide bonds. The minimum atomic E-state index is -0.293. The number of benzene rings is 2. The summed E-state index contributed by atoms with van der Waals surface area (Å²) in [6, 6.07) is 14.7. The van der Waals surface area contributed by atoms with Crippen LogP contribution in [0.2, 0.25) is 0 Å². The Balaban J connectivity index is 1.91. The van der Waals surface area contributed by atoms with Gasteiger partial charge >= 0.3 is 0 Å². The molecule has 0 saturated heterocycles. The molecular weight excluding hydrogens is 342 g/mol. The molecule has 2 rings (SSSR count). The third-order valence-electron chi connectivity index (χ3n) is 4.56. The molecule has 2 N–H and O–H groups in total. The van der Waals surface area contributed by atoms with Crippen molar-refractivity contribution in [2.75, 3.05) is 21.2 Å². The summed E-state index contributed by atoms with van der Waals surface area (Å²) in [4.78, 5) is 26.0. The van der Waals surface area contributed by atoms with Crippen LogP contribution < -0.4 is 15.4 Å². The molecule has 0 bridgehead atoms. The Morgan fingerprint density at radius 3 is 2.41 bits per heavy atom. The van der Waals surface area contributed by atoms with Crippen molar-refractivity contribution in [3.8, 4) is 5.75 Å². The number of nitrogens with zero attached hydrogens (tertiary/aromatic N) is 1. The molecule has 0 spiro atoms. The van der Waals surface area contributed by atoms with Crippen molar-refractivity contribution < 1.29 is 14.3 Å². The highest BCUT2D eigenvalue weighted by molar-refractivity contribution is 5.93. The van der Waals surface area contributed by atoms with E-state index in [1.165, 1.54) is 0 Å². The Bertz CT molecular complexity index is 774. The molecule has 2 aromatic carbocycles. The van der Waals surface area contributed by atoms with Crippen molar-refractivity contribution in [2.24, 2.45) is 0 Å². The van der Waals surface area contributed by atoms with Crippen LogP contribution in [0.3, 0.4) is 0 Å².